The Balaban J connectivity index is 3.09. The third-order valence-electron chi connectivity index (χ3n) is 8.27. The highest BCUT2D eigenvalue weighted by Gasteiger charge is 2.40. The standard InChI is InChI=1S/C32H54N6O10S/c1-8-18(4)26(31(46)38-14-9-10-24(38)30(45)36-22(32(47)48)13-15-49-7)37-27(42)19(5)33-28(43)21(11-12-25(40)41)35-29(44)23(16-17(2)3)34-20(6)39/h17-19,21-24,26H,8-16H2,1-7H3,(H,33,43)(H,34,39)(H,35,44)(H,36,45)(H,37,42)(H,40,41)(H,47,48)/t18-,19-,21-,22+,23-,24+,26-/m1/s1. The number of aliphatic carboxylic acids is 2. The minimum atomic E-state index is -1.34. The van der Waals surface area contributed by atoms with E-state index in [-0.39, 0.29) is 37.6 Å². The number of nitrogens with one attached hydrogen (secondary N) is 5. The molecule has 0 aliphatic carbocycles. The molecule has 0 saturated carbocycles. The maximum Gasteiger partial charge on any atom is 0.326 e. The van der Waals surface area contributed by atoms with E-state index in [1.165, 1.54) is 30.5 Å². The van der Waals surface area contributed by atoms with Gasteiger partial charge in [0.2, 0.25) is 35.4 Å². The SMILES string of the molecule is CC[C@@H](C)[C@@H](NC(=O)[C@@H](C)NC(=O)[C@@H](CCC(=O)O)NC(=O)[C@@H](CC(C)C)NC(C)=O)C(=O)N1CCC[C@H]1C(=O)N[C@@H](CCSC)C(=O)O. The van der Waals surface area contributed by atoms with Crippen LogP contribution in [0.3, 0.4) is 0 Å². The number of hydrogen-bond donors (Lipinski definition) is 7. The third kappa shape index (κ3) is 14.6. The van der Waals surface area contributed by atoms with Crippen molar-refractivity contribution in [2.75, 3.05) is 18.6 Å². The maximum absolute atomic E-state index is 13.8. The predicted molar refractivity (Wildman–Crippen MR) is 182 cm³/mol. The van der Waals surface area contributed by atoms with Gasteiger partial charge < -0.3 is 41.7 Å². The van der Waals surface area contributed by atoms with E-state index in [4.69, 9.17) is 0 Å². The number of carboxylic acids is 2. The van der Waals surface area contributed by atoms with Crippen molar-refractivity contribution in [2.24, 2.45) is 11.8 Å². The Labute approximate surface area is 292 Å². The van der Waals surface area contributed by atoms with E-state index < -0.39 is 90.1 Å². The van der Waals surface area contributed by atoms with Gasteiger partial charge in [-0.25, -0.2) is 4.79 Å². The van der Waals surface area contributed by atoms with Gasteiger partial charge in [-0.3, -0.25) is 33.6 Å². The second-order valence-corrected chi connectivity index (χ2v) is 13.8. The normalized spacial score (nSPS) is 17.9. The average Bonchev–Trinajstić information content (AvgIpc) is 3.52. The lowest BCUT2D eigenvalue weighted by atomic mass is 9.97. The molecule has 1 aliphatic heterocycles. The minimum Gasteiger partial charge on any atom is -0.481 e. The molecule has 0 unspecified atom stereocenters. The second-order valence-electron chi connectivity index (χ2n) is 12.8. The Bertz CT molecular complexity index is 1200. The summed E-state index contributed by atoms with van der Waals surface area (Å²) < 4.78 is 0. The van der Waals surface area contributed by atoms with Crippen LogP contribution >= 0.6 is 11.8 Å². The van der Waals surface area contributed by atoms with Gasteiger partial charge in [0.1, 0.15) is 36.3 Å². The topological polar surface area (TPSA) is 240 Å². The Morgan fingerprint density at radius 3 is 1.98 bits per heavy atom. The minimum absolute atomic E-state index is 0.00985. The van der Waals surface area contributed by atoms with E-state index in [1.54, 1.807) is 6.92 Å². The molecule has 1 saturated heterocycles. The van der Waals surface area contributed by atoms with E-state index in [0.29, 0.717) is 25.0 Å². The van der Waals surface area contributed by atoms with Gasteiger partial charge in [-0.15, -0.1) is 0 Å². The molecule has 7 atom stereocenters. The number of hydrogen-bond acceptors (Lipinski definition) is 9. The third-order valence-corrected chi connectivity index (χ3v) is 8.92. The molecule has 6 amide bonds. The highest BCUT2D eigenvalue weighted by atomic mass is 32.2. The molecule has 0 radical (unpaired) electrons. The van der Waals surface area contributed by atoms with Crippen molar-refractivity contribution in [3.8, 4) is 0 Å². The molecule has 0 spiro atoms. The number of likely N-dealkylation sites (tertiary alicyclic amines) is 1. The van der Waals surface area contributed by atoms with Gasteiger partial charge in [0.25, 0.3) is 0 Å². The number of thioether (sulfide) groups is 1. The van der Waals surface area contributed by atoms with Crippen LogP contribution in [0.1, 0.15) is 86.5 Å². The van der Waals surface area contributed by atoms with Crippen molar-refractivity contribution in [1.82, 2.24) is 31.5 Å². The summed E-state index contributed by atoms with van der Waals surface area (Å²) in [6.07, 6.45) is 2.85. The average molecular weight is 715 g/mol. The Morgan fingerprint density at radius 1 is 0.816 bits per heavy atom. The van der Waals surface area contributed by atoms with E-state index in [1.807, 2.05) is 27.0 Å². The summed E-state index contributed by atoms with van der Waals surface area (Å²) in [6.45, 7) is 10.1. The summed E-state index contributed by atoms with van der Waals surface area (Å²) >= 11 is 1.44. The fraction of sp³-hybridized carbons (Fsp3) is 0.750. The van der Waals surface area contributed by atoms with Gasteiger partial charge >= 0.3 is 11.9 Å². The van der Waals surface area contributed by atoms with E-state index >= 15 is 0 Å². The fourth-order valence-electron chi connectivity index (χ4n) is 5.34. The van der Waals surface area contributed by atoms with Crippen molar-refractivity contribution >= 4 is 59.1 Å². The van der Waals surface area contributed by atoms with Gasteiger partial charge in [0.05, 0.1) is 0 Å². The quantitative estimate of drug-likeness (QED) is 0.0850. The van der Waals surface area contributed by atoms with Crippen LogP contribution in [0.4, 0.5) is 0 Å². The zero-order valence-corrected chi connectivity index (χ0v) is 30.3. The van der Waals surface area contributed by atoms with Crippen molar-refractivity contribution in [3.63, 3.8) is 0 Å². The molecule has 1 heterocycles. The Hall–Kier alpha value is -3.89. The molecule has 0 aromatic rings. The molecule has 49 heavy (non-hydrogen) atoms. The van der Waals surface area contributed by atoms with Gasteiger partial charge in [0.15, 0.2) is 0 Å². The Morgan fingerprint density at radius 2 is 1.45 bits per heavy atom. The first-order chi connectivity index (χ1) is 22.9. The molecule has 7 N–H and O–H groups in total. The van der Waals surface area contributed by atoms with Gasteiger partial charge in [-0.05, 0) is 62.9 Å². The molecule has 1 aliphatic rings. The highest BCUT2D eigenvalue weighted by molar-refractivity contribution is 7.98. The summed E-state index contributed by atoms with van der Waals surface area (Å²) in [4.78, 5) is 103. The second kappa shape index (κ2) is 21.3. The molecule has 1 rings (SSSR count). The summed E-state index contributed by atoms with van der Waals surface area (Å²) in [5.74, 6) is -6.04. The summed E-state index contributed by atoms with van der Waals surface area (Å²) in [7, 11) is 0. The number of carbonyl (C=O) groups excluding carboxylic acids is 6. The fourth-order valence-corrected chi connectivity index (χ4v) is 5.81. The first-order valence-corrected chi connectivity index (χ1v) is 18.0. The van der Waals surface area contributed by atoms with Gasteiger partial charge in [0, 0.05) is 19.9 Å². The lowest BCUT2D eigenvalue weighted by molar-refractivity contribution is -0.145. The van der Waals surface area contributed by atoms with E-state index in [2.05, 4.69) is 26.6 Å². The number of rotatable bonds is 21. The zero-order valence-electron chi connectivity index (χ0n) is 29.5. The molecule has 278 valence electrons. The maximum atomic E-state index is 13.8. The van der Waals surface area contributed by atoms with E-state index in [9.17, 15) is 48.6 Å². The molecule has 0 aromatic heterocycles. The lowest BCUT2D eigenvalue weighted by Crippen LogP contribution is -2.60. The van der Waals surface area contributed by atoms with Crippen LogP contribution in [0.2, 0.25) is 0 Å². The first kappa shape index (κ1) is 43.1. The van der Waals surface area contributed by atoms with Crippen LogP contribution in [-0.2, 0) is 38.4 Å². The summed E-state index contributed by atoms with van der Waals surface area (Å²) in [5, 5.41) is 31.5. The smallest absolute Gasteiger partial charge is 0.326 e. The highest BCUT2D eigenvalue weighted by Crippen LogP contribution is 2.22. The first-order valence-electron chi connectivity index (χ1n) is 16.7. The van der Waals surface area contributed by atoms with Crippen LogP contribution in [0.5, 0.6) is 0 Å². The molecule has 1 fully saturated rings. The number of carboxylic acid groups (broad SMARTS) is 2. The van der Waals surface area contributed by atoms with Crippen molar-refractivity contribution < 1.29 is 48.6 Å². The molecule has 16 nitrogen and oxygen atoms in total. The van der Waals surface area contributed by atoms with Crippen molar-refractivity contribution in [3.05, 3.63) is 0 Å². The van der Waals surface area contributed by atoms with Crippen molar-refractivity contribution in [1.29, 1.82) is 0 Å². The zero-order chi connectivity index (χ0) is 37.4. The van der Waals surface area contributed by atoms with Crippen LogP contribution in [0.25, 0.3) is 0 Å². The van der Waals surface area contributed by atoms with E-state index in [0.717, 1.165) is 0 Å². The lowest BCUT2D eigenvalue weighted by Gasteiger charge is -2.32. The predicted octanol–water partition coefficient (Wildman–Crippen LogP) is 0.236. The largest absolute Gasteiger partial charge is 0.481 e. The molecule has 0 bridgehead atoms. The number of nitrogens with zero attached hydrogens (tertiary/aromatic N) is 1. The molecular weight excluding hydrogens is 660 g/mol. The van der Waals surface area contributed by atoms with Crippen LogP contribution < -0.4 is 26.6 Å². The van der Waals surface area contributed by atoms with Crippen LogP contribution in [0, 0.1) is 11.8 Å². The number of carbonyl (C=O) groups is 8. The summed E-state index contributed by atoms with van der Waals surface area (Å²) in [6, 6.07) is -6.63. The number of amides is 6. The molecule has 0 aromatic carbocycles. The van der Waals surface area contributed by atoms with Gasteiger partial charge in [-0.2, -0.15) is 11.8 Å². The molecule has 17 heteroatoms. The van der Waals surface area contributed by atoms with Crippen molar-refractivity contribution in [2.45, 2.75) is 123 Å². The molecular formula is C32H54N6O10S. The van der Waals surface area contributed by atoms with Gasteiger partial charge in [-0.1, -0.05) is 34.1 Å². The monoisotopic (exact) mass is 714 g/mol. The summed E-state index contributed by atoms with van der Waals surface area (Å²) in [5.41, 5.74) is 0. The van der Waals surface area contributed by atoms with Crippen LogP contribution in [-0.4, -0.2) is 117 Å². The van der Waals surface area contributed by atoms with Crippen LogP contribution in [0.15, 0.2) is 0 Å². The Kier molecular flexibility index (Phi) is 18.7.